The molecule has 1 aromatic carbocycles. The normalized spacial score (nSPS) is 12.6. The molecule has 0 spiro atoms. The van der Waals surface area contributed by atoms with E-state index in [0.717, 1.165) is 0 Å². The first-order chi connectivity index (χ1) is 10.8. The Labute approximate surface area is 126 Å². The van der Waals surface area contributed by atoms with Gasteiger partial charge in [-0.25, -0.2) is 0 Å². The Hall–Kier alpha value is -3.33. The molecule has 0 unspecified atom stereocenters. The molecule has 1 amide bonds. The molecule has 22 heavy (non-hydrogen) atoms. The lowest BCUT2D eigenvalue weighted by atomic mass is 10.2. The van der Waals surface area contributed by atoms with E-state index in [2.05, 4.69) is 10.3 Å². The highest BCUT2D eigenvalue weighted by atomic mass is 16.7. The summed E-state index contributed by atoms with van der Waals surface area (Å²) in [7, 11) is 0. The Morgan fingerprint density at radius 1 is 1.27 bits per heavy atom. The fourth-order valence-electron chi connectivity index (χ4n) is 1.93. The van der Waals surface area contributed by atoms with Crippen LogP contribution in [0.15, 0.2) is 48.2 Å². The van der Waals surface area contributed by atoms with E-state index in [1.165, 1.54) is 6.08 Å². The Bertz CT molecular complexity index is 779. The summed E-state index contributed by atoms with van der Waals surface area (Å²) in [6, 6.07) is 12.2. The molecule has 0 fully saturated rings. The monoisotopic (exact) mass is 293 g/mol. The van der Waals surface area contributed by atoms with Gasteiger partial charge < -0.3 is 14.8 Å². The zero-order valence-corrected chi connectivity index (χ0v) is 11.4. The minimum absolute atomic E-state index is 0.0311. The van der Waals surface area contributed by atoms with E-state index in [9.17, 15) is 4.79 Å². The van der Waals surface area contributed by atoms with Crippen LogP contribution >= 0.6 is 0 Å². The summed E-state index contributed by atoms with van der Waals surface area (Å²) in [6.07, 6.45) is 3.03. The van der Waals surface area contributed by atoms with Crippen LogP contribution in [0.5, 0.6) is 11.5 Å². The van der Waals surface area contributed by atoms with E-state index >= 15 is 0 Å². The molecule has 2 heterocycles. The Morgan fingerprint density at radius 3 is 2.91 bits per heavy atom. The zero-order chi connectivity index (χ0) is 15.4. The Kier molecular flexibility index (Phi) is 3.70. The second-order valence-corrected chi connectivity index (χ2v) is 4.45. The predicted octanol–water partition coefficient (Wildman–Crippen LogP) is 2.36. The van der Waals surface area contributed by atoms with Crippen molar-refractivity contribution < 1.29 is 14.3 Å². The lowest BCUT2D eigenvalue weighted by molar-refractivity contribution is -0.112. The van der Waals surface area contributed by atoms with Crippen molar-refractivity contribution in [2.24, 2.45) is 0 Å². The third-order valence-electron chi connectivity index (χ3n) is 2.98. The van der Waals surface area contributed by atoms with E-state index in [0.29, 0.717) is 22.9 Å². The van der Waals surface area contributed by atoms with Crippen LogP contribution in [0.4, 0.5) is 5.69 Å². The van der Waals surface area contributed by atoms with Gasteiger partial charge in [-0.1, -0.05) is 6.07 Å². The maximum Gasteiger partial charge on any atom is 0.266 e. The van der Waals surface area contributed by atoms with Gasteiger partial charge >= 0.3 is 0 Å². The first-order valence-corrected chi connectivity index (χ1v) is 6.50. The molecule has 2 aromatic rings. The molecule has 0 radical (unpaired) electrons. The Morgan fingerprint density at radius 2 is 2.14 bits per heavy atom. The van der Waals surface area contributed by atoms with Gasteiger partial charge in [0.15, 0.2) is 11.5 Å². The van der Waals surface area contributed by atoms with Crippen LogP contribution < -0.4 is 14.8 Å². The number of pyridine rings is 1. The van der Waals surface area contributed by atoms with E-state index in [1.54, 1.807) is 42.6 Å². The third-order valence-corrected chi connectivity index (χ3v) is 2.98. The average Bonchev–Trinajstić information content (AvgIpc) is 3.01. The van der Waals surface area contributed by atoms with Crippen LogP contribution in [0.1, 0.15) is 5.69 Å². The number of fused-ring (bicyclic) bond motifs is 1. The molecule has 3 rings (SSSR count). The predicted molar refractivity (Wildman–Crippen MR) is 79.0 cm³/mol. The quantitative estimate of drug-likeness (QED) is 0.693. The van der Waals surface area contributed by atoms with Crippen LogP contribution in [-0.2, 0) is 4.79 Å². The van der Waals surface area contributed by atoms with E-state index in [-0.39, 0.29) is 12.4 Å². The largest absolute Gasteiger partial charge is 0.454 e. The number of hydrogen-bond donors (Lipinski definition) is 1. The number of carbonyl (C=O) groups is 1. The number of benzene rings is 1. The second-order valence-electron chi connectivity index (χ2n) is 4.45. The van der Waals surface area contributed by atoms with Gasteiger partial charge in [0.1, 0.15) is 11.6 Å². The molecule has 1 aliphatic rings. The summed E-state index contributed by atoms with van der Waals surface area (Å²) in [6.45, 7) is 0.162. The second kappa shape index (κ2) is 5.97. The molecule has 0 bridgehead atoms. The first-order valence-electron chi connectivity index (χ1n) is 6.50. The molecule has 0 aliphatic carbocycles. The number of hydrogen-bond acceptors (Lipinski definition) is 5. The van der Waals surface area contributed by atoms with Gasteiger partial charge in [0.25, 0.3) is 5.91 Å². The smallest absolute Gasteiger partial charge is 0.266 e. The number of nitrogens with zero attached hydrogens (tertiary/aromatic N) is 2. The highest BCUT2D eigenvalue weighted by Crippen LogP contribution is 2.34. The highest BCUT2D eigenvalue weighted by molar-refractivity contribution is 6.09. The lowest BCUT2D eigenvalue weighted by Crippen LogP contribution is -2.13. The number of rotatable bonds is 3. The number of aromatic nitrogens is 1. The van der Waals surface area contributed by atoms with Crippen molar-refractivity contribution in [3.05, 3.63) is 53.9 Å². The summed E-state index contributed by atoms with van der Waals surface area (Å²) < 4.78 is 10.4. The van der Waals surface area contributed by atoms with Crippen molar-refractivity contribution in [2.45, 2.75) is 0 Å². The molecule has 6 nitrogen and oxygen atoms in total. The highest BCUT2D eigenvalue weighted by Gasteiger charge is 2.15. The molecule has 0 atom stereocenters. The van der Waals surface area contributed by atoms with E-state index in [4.69, 9.17) is 14.7 Å². The topological polar surface area (TPSA) is 84.2 Å². The minimum atomic E-state index is -0.507. The summed E-state index contributed by atoms with van der Waals surface area (Å²) in [5, 5.41) is 11.8. The molecule has 108 valence electrons. The number of amides is 1. The van der Waals surface area contributed by atoms with Gasteiger partial charge in [-0.15, -0.1) is 0 Å². The number of nitrogens with one attached hydrogen (secondary N) is 1. The van der Waals surface area contributed by atoms with Crippen molar-refractivity contribution in [2.75, 3.05) is 12.1 Å². The molecule has 0 saturated heterocycles. The van der Waals surface area contributed by atoms with Crippen molar-refractivity contribution in [1.82, 2.24) is 4.98 Å². The van der Waals surface area contributed by atoms with Gasteiger partial charge in [-0.3, -0.25) is 9.78 Å². The van der Waals surface area contributed by atoms with Gasteiger partial charge in [-0.05, 0) is 30.3 Å². The summed E-state index contributed by atoms with van der Waals surface area (Å²) >= 11 is 0. The average molecular weight is 293 g/mol. The zero-order valence-electron chi connectivity index (χ0n) is 11.4. The van der Waals surface area contributed by atoms with Crippen LogP contribution in [0, 0.1) is 11.3 Å². The van der Waals surface area contributed by atoms with Crippen molar-refractivity contribution in [1.29, 1.82) is 5.26 Å². The molecule has 6 heteroatoms. The number of ether oxygens (including phenoxy) is 2. The van der Waals surface area contributed by atoms with Gasteiger partial charge in [0, 0.05) is 18.0 Å². The van der Waals surface area contributed by atoms with Crippen molar-refractivity contribution in [3.63, 3.8) is 0 Å². The van der Waals surface area contributed by atoms with Crippen molar-refractivity contribution >= 4 is 17.7 Å². The minimum Gasteiger partial charge on any atom is -0.454 e. The first kappa shape index (κ1) is 13.6. The molecular formula is C16H11N3O3. The van der Waals surface area contributed by atoms with Crippen molar-refractivity contribution in [3.8, 4) is 17.6 Å². The molecule has 1 aliphatic heterocycles. The van der Waals surface area contributed by atoms with Crippen LogP contribution in [0.25, 0.3) is 6.08 Å². The maximum absolute atomic E-state index is 12.1. The summed E-state index contributed by atoms with van der Waals surface area (Å²) in [4.78, 5) is 16.2. The van der Waals surface area contributed by atoms with E-state index in [1.807, 2.05) is 6.07 Å². The van der Waals surface area contributed by atoms with Crippen LogP contribution in [0.3, 0.4) is 0 Å². The number of anilines is 1. The molecular weight excluding hydrogens is 282 g/mol. The third kappa shape index (κ3) is 2.88. The molecule has 0 saturated carbocycles. The summed E-state index contributed by atoms with van der Waals surface area (Å²) in [5.74, 6) is 0.680. The van der Waals surface area contributed by atoms with E-state index < -0.39 is 5.91 Å². The maximum atomic E-state index is 12.1. The van der Waals surface area contributed by atoms with Gasteiger partial charge in [0.2, 0.25) is 6.79 Å². The summed E-state index contributed by atoms with van der Waals surface area (Å²) in [5.41, 5.74) is 1.03. The molecule has 1 aromatic heterocycles. The SMILES string of the molecule is N#C/C(=C/c1ccccn1)C(=O)Nc1ccc2c(c1)OCO2. The standard InChI is InChI=1S/C16H11N3O3/c17-9-11(7-12-3-1-2-6-18-12)16(20)19-13-4-5-14-15(8-13)22-10-21-14/h1-8H,10H2,(H,19,20)/b11-7-. The Balaban J connectivity index is 1.78. The number of nitriles is 1. The number of carbonyl (C=O) groups excluding carboxylic acids is 1. The molecule has 1 N–H and O–H groups in total. The van der Waals surface area contributed by atoms with Gasteiger partial charge in [-0.2, -0.15) is 5.26 Å². The van der Waals surface area contributed by atoms with Crippen LogP contribution in [-0.4, -0.2) is 17.7 Å². The van der Waals surface area contributed by atoms with Crippen LogP contribution in [0.2, 0.25) is 0 Å². The van der Waals surface area contributed by atoms with Gasteiger partial charge in [0.05, 0.1) is 5.69 Å². The lowest BCUT2D eigenvalue weighted by Gasteiger charge is -2.05. The fraction of sp³-hybridized carbons (Fsp3) is 0.0625. The fourth-order valence-corrected chi connectivity index (χ4v) is 1.93.